The fourth-order valence-electron chi connectivity index (χ4n) is 2.07. The van der Waals surface area contributed by atoms with Gasteiger partial charge in [0.25, 0.3) is 0 Å². The van der Waals surface area contributed by atoms with Crippen molar-refractivity contribution in [2.75, 3.05) is 5.75 Å². The van der Waals surface area contributed by atoms with Gasteiger partial charge < -0.3 is 10.4 Å². The third-order valence-electron chi connectivity index (χ3n) is 3.41. The van der Waals surface area contributed by atoms with Crippen molar-refractivity contribution in [2.45, 2.75) is 30.6 Å². The molecule has 0 atom stereocenters. The van der Waals surface area contributed by atoms with E-state index in [-0.39, 0.29) is 17.5 Å². The first-order valence-electron chi connectivity index (χ1n) is 6.38. The Balaban J connectivity index is 1.75. The number of hydrogen-bond donors (Lipinski definition) is 2. The molecule has 2 N–H and O–H groups in total. The Labute approximate surface area is 120 Å². The van der Waals surface area contributed by atoms with Crippen LogP contribution in [0.5, 0.6) is 0 Å². The monoisotopic (exact) mass is 297 g/mol. The summed E-state index contributed by atoms with van der Waals surface area (Å²) in [6.07, 6.45) is 1.82. The van der Waals surface area contributed by atoms with Crippen molar-refractivity contribution < 1.29 is 19.1 Å². The van der Waals surface area contributed by atoms with E-state index in [1.807, 2.05) is 0 Å². The van der Waals surface area contributed by atoms with Crippen LogP contribution in [-0.4, -0.2) is 28.3 Å². The predicted molar refractivity (Wildman–Crippen MR) is 74.9 cm³/mol. The van der Waals surface area contributed by atoms with Crippen molar-refractivity contribution in [3.8, 4) is 0 Å². The molecule has 1 amide bonds. The van der Waals surface area contributed by atoms with Gasteiger partial charge in [0.05, 0.1) is 5.75 Å². The first-order chi connectivity index (χ1) is 9.52. The molecule has 1 saturated carbocycles. The number of rotatable bonds is 6. The van der Waals surface area contributed by atoms with Crippen LogP contribution in [0.15, 0.2) is 24.3 Å². The van der Waals surface area contributed by atoms with E-state index in [1.165, 1.54) is 23.9 Å². The van der Waals surface area contributed by atoms with Crippen LogP contribution in [0, 0.1) is 5.82 Å². The van der Waals surface area contributed by atoms with Gasteiger partial charge in [-0.25, -0.2) is 9.18 Å². The lowest BCUT2D eigenvalue weighted by atomic mass is 9.77. The maximum Gasteiger partial charge on any atom is 0.329 e. The topological polar surface area (TPSA) is 66.4 Å². The molecule has 0 saturated heterocycles. The number of amides is 1. The number of halogens is 1. The smallest absolute Gasteiger partial charge is 0.329 e. The fraction of sp³-hybridized carbons (Fsp3) is 0.429. The number of carboxylic acids is 1. The third kappa shape index (κ3) is 3.50. The molecule has 1 aromatic rings. The number of hydrogen-bond acceptors (Lipinski definition) is 3. The molecule has 1 aliphatic rings. The van der Waals surface area contributed by atoms with Crippen molar-refractivity contribution in [2.24, 2.45) is 0 Å². The Morgan fingerprint density at radius 1 is 1.30 bits per heavy atom. The van der Waals surface area contributed by atoms with Gasteiger partial charge in [-0.3, -0.25) is 4.79 Å². The highest BCUT2D eigenvalue weighted by atomic mass is 32.2. The van der Waals surface area contributed by atoms with E-state index in [9.17, 15) is 14.0 Å². The molecule has 1 aliphatic carbocycles. The molecular formula is C14H16FNO3S. The largest absolute Gasteiger partial charge is 0.480 e. The number of thioether (sulfide) groups is 1. The van der Waals surface area contributed by atoms with Crippen LogP contribution in [-0.2, 0) is 15.3 Å². The number of nitrogens with one attached hydrogen (secondary N) is 1. The van der Waals surface area contributed by atoms with Crippen LogP contribution in [0.4, 0.5) is 4.39 Å². The Bertz CT molecular complexity index is 500. The van der Waals surface area contributed by atoms with Crippen molar-refractivity contribution in [3.05, 3.63) is 35.6 Å². The summed E-state index contributed by atoms with van der Waals surface area (Å²) in [5.41, 5.74) is -0.117. The van der Waals surface area contributed by atoms with E-state index in [2.05, 4.69) is 5.32 Å². The van der Waals surface area contributed by atoms with Gasteiger partial charge >= 0.3 is 5.97 Å². The zero-order valence-electron chi connectivity index (χ0n) is 10.9. The van der Waals surface area contributed by atoms with Crippen LogP contribution in [0.3, 0.4) is 0 Å². The second kappa shape index (κ2) is 6.26. The Morgan fingerprint density at radius 2 is 1.95 bits per heavy atom. The summed E-state index contributed by atoms with van der Waals surface area (Å²) in [4.78, 5) is 22.9. The lowest BCUT2D eigenvalue weighted by molar-refractivity contribution is -0.151. The van der Waals surface area contributed by atoms with Crippen molar-refractivity contribution in [1.29, 1.82) is 0 Å². The molecule has 0 heterocycles. The molecule has 2 rings (SSSR count). The summed E-state index contributed by atoms with van der Waals surface area (Å²) in [5.74, 6) is -0.718. The lowest BCUT2D eigenvalue weighted by Crippen LogP contribution is -2.59. The fourth-order valence-corrected chi connectivity index (χ4v) is 2.86. The first-order valence-corrected chi connectivity index (χ1v) is 7.54. The molecule has 0 aromatic heterocycles. The SMILES string of the molecule is O=C(CSCc1ccc(F)cc1)NC1(C(=O)O)CCC1. The Morgan fingerprint density at radius 3 is 2.45 bits per heavy atom. The molecule has 0 bridgehead atoms. The molecular weight excluding hydrogens is 281 g/mol. The predicted octanol–water partition coefficient (Wildman–Crippen LogP) is 2.18. The van der Waals surface area contributed by atoms with Gasteiger partial charge in [-0.15, -0.1) is 11.8 Å². The highest BCUT2D eigenvalue weighted by Gasteiger charge is 2.45. The second-order valence-corrected chi connectivity index (χ2v) is 5.89. The average Bonchev–Trinajstić information content (AvgIpc) is 2.36. The van der Waals surface area contributed by atoms with E-state index in [4.69, 9.17) is 5.11 Å². The number of benzene rings is 1. The summed E-state index contributed by atoms with van der Waals surface area (Å²) >= 11 is 1.38. The number of carbonyl (C=O) groups is 2. The molecule has 6 heteroatoms. The average molecular weight is 297 g/mol. The second-order valence-electron chi connectivity index (χ2n) is 4.91. The molecule has 0 aliphatic heterocycles. The molecule has 1 fully saturated rings. The van der Waals surface area contributed by atoms with Crippen LogP contribution < -0.4 is 5.32 Å². The normalized spacial score (nSPS) is 16.2. The quantitative estimate of drug-likeness (QED) is 0.844. The zero-order chi connectivity index (χ0) is 14.6. The number of carboxylic acid groups (broad SMARTS) is 1. The first kappa shape index (κ1) is 14.8. The van der Waals surface area contributed by atoms with Crippen molar-refractivity contribution in [3.63, 3.8) is 0 Å². The molecule has 20 heavy (non-hydrogen) atoms. The van der Waals surface area contributed by atoms with Crippen molar-refractivity contribution in [1.82, 2.24) is 5.32 Å². The number of carbonyl (C=O) groups excluding carboxylic acids is 1. The summed E-state index contributed by atoms with van der Waals surface area (Å²) in [6.45, 7) is 0. The maximum absolute atomic E-state index is 12.7. The van der Waals surface area contributed by atoms with Gasteiger partial charge in [0.1, 0.15) is 11.4 Å². The number of aliphatic carboxylic acids is 1. The summed E-state index contributed by atoms with van der Waals surface area (Å²) in [5, 5.41) is 11.7. The Hall–Kier alpha value is -1.56. The molecule has 0 unspecified atom stereocenters. The highest BCUT2D eigenvalue weighted by molar-refractivity contribution is 7.99. The van der Waals surface area contributed by atoms with E-state index < -0.39 is 11.5 Å². The molecule has 1 aromatic carbocycles. The van der Waals surface area contributed by atoms with Gasteiger partial charge in [-0.1, -0.05) is 12.1 Å². The van der Waals surface area contributed by atoms with Crippen LogP contribution >= 0.6 is 11.8 Å². The van der Waals surface area contributed by atoms with E-state index >= 15 is 0 Å². The molecule has 0 spiro atoms. The third-order valence-corrected chi connectivity index (χ3v) is 4.41. The van der Waals surface area contributed by atoms with E-state index in [0.717, 1.165) is 12.0 Å². The van der Waals surface area contributed by atoms with Crippen LogP contribution in [0.1, 0.15) is 24.8 Å². The minimum Gasteiger partial charge on any atom is -0.480 e. The van der Waals surface area contributed by atoms with E-state index in [0.29, 0.717) is 18.6 Å². The van der Waals surface area contributed by atoms with Crippen LogP contribution in [0.2, 0.25) is 0 Å². The lowest BCUT2D eigenvalue weighted by Gasteiger charge is -2.38. The van der Waals surface area contributed by atoms with Gasteiger partial charge in [0, 0.05) is 5.75 Å². The minimum atomic E-state index is -1.05. The van der Waals surface area contributed by atoms with E-state index in [1.54, 1.807) is 12.1 Å². The van der Waals surface area contributed by atoms with Gasteiger partial charge in [-0.2, -0.15) is 0 Å². The van der Waals surface area contributed by atoms with Crippen LogP contribution in [0.25, 0.3) is 0 Å². The molecule has 108 valence electrons. The molecule has 4 nitrogen and oxygen atoms in total. The van der Waals surface area contributed by atoms with Gasteiger partial charge in [-0.05, 0) is 37.0 Å². The van der Waals surface area contributed by atoms with Gasteiger partial charge in [0.2, 0.25) is 5.91 Å². The zero-order valence-corrected chi connectivity index (χ0v) is 11.7. The minimum absolute atomic E-state index is 0.201. The highest BCUT2D eigenvalue weighted by Crippen LogP contribution is 2.32. The standard InChI is InChI=1S/C14H16FNO3S/c15-11-4-2-10(3-5-11)8-20-9-12(17)16-14(13(18)19)6-1-7-14/h2-5H,1,6-9H2,(H,16,17)(H,18,19). The summed E-state index contributed by atoms with van der Waals surface area (Å²) in [6, 6.07) is 6.10. The Kier molecular flexibility index (Phi) is 4.65. The summed E-state index contributed by atoms with van der Waals surface area (Å²) in [7, 11) is 0. The maximum atomic E-state index is 12.7. The van der Waals surface area contributed by atoms with Crippen molar-refractivity contribution >= 4 is 23.6 Å². The molecule has 0 radical (unpaired) electrons. The summed E-state index contributed by atoms with van der Waals surface area (Å²) < 4.78 is 12.7. The van der Waals surface area contributed by atoms with Gasteiger partial charge in [0.15, 0.2) is 0 Å².